The minimum atomic E-state index is -0.307. The van der Waals surface area contributed by atoms with Crippen molar-refractivity contribution in [1.82, 2.24) is 9.55 Å². The van der Waals surface area contributed by atoms with Crippen molar-refractivity contribution in [2.75, 3.05) is 11.9 Å². The Labute approximate surface area is 180 Å². The smallest absolute Gasteiger partial charge is 0.329 e. The molecule has 0 aliphatic heterocycles. The molecule has 5 heteroatoms. The molecule has 3 aromatic carbocycles. The van der Waals surface area contributed by atoms with E-state index in [9.17, 15) is 4.79 Å². The van der Waals surface area contributed by atoms with Gasteiger partial charge >= 0.3 is 5.69 Å². The number of fused-ring (bicyclic) bond motifs is 1. The SMILES string of the molecule is CN(c1cccc(-c2ccc(C3CC3)cc2)c1)c1nc(=O)n(C)c2cc(Cl)ccc12. The highest BCUT2D eigenvalue weighted by Crippen LogP contribution is 2.40. The maximum atomic E-state index is 12.5. The Morgan fingerprint density at radius 3 is 2.50 bits per heavy atom. The minimum absolute atomic E-state index is 0.307. The first-order chi connectivity index (χ1) is 14.5. The zero-order chi connectivity index (χ0) is 20.8. The molecule has 0 radical (unpaired) electrons. The molecule has 30 heavy (non-hydrogen) atoms. The van der Waals surface area contributed by atoms with E-state index in [1.54, 1.807) is 13.1 Å². The van der Waals surface area contributed by atoms with Gasteiger partial charge in [-0.3, -0.25) is 4.57 Å². The fourth-order valence-corrected chi connectivity index (χ4v) is 4.10. The largest absolute Gasteiger partial charge is 0.349 e. The molecule has 0 saturated heterocycles. The molecule has 1 saturated carbocycles. The van der Waals surface area contributed by atoms with Crippen LogP contribution in [0.25, 0.3) is 22.0 Å². The summed E-state index contributed by atoms with van der Waals surface area (Å²) in [5.41, 5.74) is 5.17. The molecule has 1 fully saturated rings. The number of benzene rings is 3. The normalized spacial score (nSPS) is 13.6. The Morgan fingerprint density at radius 1 is 1.00 bits per heavy atom. The van der Waals surface area contributed by atoms with Crippen LogP contribution >= 0.6 is 11.6 Å². The summed E-state index contributed by atoms with van der Waals surface area (Å²) in [6, 6.07) is 22.7. The number of aryl methyl sites for hydroxylation is 1. The second-order valence-corrected chi connectivity index (χ2v) is 8.38. The summed E-state index contributed by atoms with van der Waals surface area (Å²) in [5, 5.41) is 1.47. The lowest BCUT2D eigenvalue weighted by molar-refractivity contribution is 0.848. The maximum absolute atomic E-state index is 12.5. The number of nitrogens with zero attached hydrogens (tertiary/aromatic N) is 3. The van der Waals surface area contributed by atoms with Gasteiger partial charge in [-0.25, -0.2) is 4.79 Å². The van der Waals surface area contributed by atoms with Gasteiger partial charge in [-0.15, -0.1) is 0 Å². The van der Waals surface area contributed by atoms with E-state index < -0.39 is 0 Å². The van der Waals surface area contributed by atoms with Gasteiger partial charge in [0.25, 0.3) is 0 Å². The van der Waals surface area contributed by atoms with Crippen molar-refractivity contribution in [3.05, 3.63) is 87.8 Å². The molecule has 0 unspecified atom stereocenters. The van der Waals surface area contributed by atoms with Crippen LogP contribution in [0, 0.1) is 0 Å². The van der Waals surface area contributed by atoms with Gasteiger partial charge in [-0.2, -0.15) is 4.98 Å². The molecule has 0 N–H and O–H groups in total. The highest BCUT2D eigenvalue weighted by molar-refractivity contribution is 6.31. The Kier molecular flexibility index (Phi) is 4.59. The number of hydrogen-bond donors (Lipinski definition) is 0. The second kappa shape index (κ2) is 7.29. The highest BCUT2D eigenvalue weighted by Gasteiger charge is 2.23. The first-order valence-electron chi connectivity index (χ1n) is 10.1. The summed E-state index contributed by atoms with van der Waals surface area (Å²) in [4.78, 5) is 18.8. The molecule has 0 bridgehead atoms. The molecule has 1 heterocycles. The third kappa shape index (κ3) is 3.37. The number of anilines is 2. The topological polar surface area (TPSA) is 38.1 Å². The standard InChI is InChI=1S/C25H22ClN3O/c1-28(24-22-13-12-20(26)15-23(22)29(2)25(30)27-24)21-5-3-4-19(14-21)18-10-8-17(9-11-18)16-6-7-16/h3-5,8-16H,6-7H2,1-2H3. The molecule has 150 valence electrons. The molecule has 5 rings (SSSR count). The Balaban J connectivity index is 1.56. The number of halogens is 1. The van der Waals surface area contributed by atoms with Crippen LogP contribution in [0.1, 0.15) is 24.3 Å². The molecule has 0 atom stereocenters. The zero-order valence-corrected chi connectivity index (χ0v) is 17.7. The van der Waals surface area contributed by atoms with Gasteiger partial charge in [0.1, 0.15) is 5.82 Å². The van der Waals surface area contributed by atoms with E-state index in [-0.39, 0.29) is 5.69 Å². The third-order valence-electron chi connectivity index (χ3n) is 5.89. The van der Waals surface area contributed by atoms with Crippen LogP contribution in [-0.2, 0) is 7.05 Å². The summed E-state index contributed by atoms with van der Waals surface area (Å²) < 4.78 is 1.52. The predicted molar refractivity (Wildman–Crippen MR) is 124 cm³/mol. The quantitative estimate of drug-likeness (QED) is 0.416. The third-order valence-corrected chi connectivity index (χ3v) is 6.13. The van der Waals surface area contributed by atoms with E-state index in [1.165, 1.54) is 28.5 Å². The van der Waals surface area contributed by atoms with Crippen LogP contribution < -0.4 is 10.6 Å². The van der Waals surface area contributed by atoms with E-state index in [4.69, 9.17) is 11.6 Å². The molecule has 1 aliphatic carbocycles. The van der Waals surface area contributed by atoms with Crippen molar-refractivity contribution in [2.45, 2.75) is 18.8 Å². The van der Waals surface area contributed by atoms with Gasteiger partial charge < -0.3 is 4.90 Å². The average molecular weight is 416 g/mol. The van der Waals surface area contributed by atoms with Gasteiger partial charge in [0.15, 0.2) is 0 Å². The van der Waals surface area contributed by atoms with Crippen molar-refractivity contribution in [2.24, 2.45) is 7.05 Å². The fourth-order valence-electron chi connectivity index (χ4n) is 3.94. The molecule has 4 aromatic rings. The summed E-state index contributed by atoms with van der Waals surface area (Å²) in [7, 11) is 3.65. The molecule has 1 aromatic heterocycles. The summed E-state index contributed by atoms with van der Waals surface area (Å²) in [6.45, 7) is 0. The van der Waals surface area contributed by atoms with Crippen LogP contribution in [0.5, 0.6) is 0 Å². The van der Waals surface area contributed by atoms with Gasteiger partial charge in [0.05, 0.1) is 5.52 Å². The van der Waals surface area contributed by atoms with Crippen LogP contribution in [0.2, 0.25) is 5.02 Å². The van der Waals surface area contributed by atoms with Gasteiger partial charge in [-0.05, 0) is 65.8 Å². The van der Waals surface area contributed by atoms with Crippen LogP contribution in [0.3, 0.4) is 0 Å². The van der Waals surface area contributed by atoms with Crippen LogP contribution in [0.4, 0.5) is 11.5 Å². The van der Waals surface area contributed by atoms with Gasteiger partial charge in [0, 0.05) is 30.2 Å². The zero-order valence-electron chi connectivity index (χ0n) is 17.0. The van der Waals surface area contributed by atoms with Crippen molar-refractivity contribution in [3.8, 4) is 11.1 Å². The molecule has 1 aliphatic rings. The van der Waals surface area contributed by atoms with E-state index in [0.717, 1.165) is 28.1 Å². The van der Waals surface area contributed by atoms with Crippen LogP contribution in [-0.4, -0.2) is 16.6 Å². The lowest BCUT2D eigenvalue weighted by Gasteiger charge is -2.21. The lowest BCUT2D eigenvalue weighted by atomic mass is 10.0. The monoisotopic (exact) mass is 415 g/mol. The first-order valence-corrected chi connectivity index (χ1v) is 10.5. The summed E-state index contributed by atoms with van der Waals surface area (Å²) in [5.74, 6) is 1.37. The first kappa shape index (κ1) is 18.9. The van der Waals surface area contributed by atoms with Gasteiger partial charge in [0.2, 0.25) is 0 Å². The van der Waals surface area contributed by atoms with E-state index in [1.807, 2.05) is 36.2 Å². The maximum Gasteiger partial charge on any atom is 0.349 e. The highest BCUT2D eigenvalue weighted by atomic mass is 35.5. The number of aromatic nitrogens is 2. The Hall–Kier alpha value is -3.11. The number of hydrogen-bond acceptors (Lipinski definition) is 3. The fraction of sp³-hybridized carbons (Fsp3) is 0.200. The Morgan fingerprint density at radius 2 is 1.77 bits per heavy atom. The van der Waals surface area contributed by atoms with Crippen molar-refractivity contribution >= 4 is 34.0 Å². The molecule has 0 amide bonds. The second-order valence-electron chi connectivity index (χ2n) is 7.94. The van der Waals surface area contributed by atoms with Gasteiger partial charge in [-0.1, -0.05) is 48.0 Å². The molecular weight excluding hydrogens is 394 g/mol. The van der Waals surface area contributed by atoms with E-state index >= 15 is 0 Å². The summed E-state index contributed by atoms with van der Waals surface area (Å²) >= 11 is 6.17. The van der Waals surface area contributed by atoms with Crippen molar-refractivity contribution in [3.63, 3.8) is 0 Å². The van der Waals surface area contributed by atoms with E-state index in [0.29, 0.717) is 10.8 Å². The van der Waals surface area contributed by atoms with Crippen LogP contribution in [0.15, 0.2) is 71.5 Å². The summed E-state index contributed by atoms with van der Waals surface area (Å²) in [6.07, 6.45) is 2.62. The van der Waals surface area contributed by atoms with Crippen molar-refractivity contribution in [1.29, 1.82) is 0 Å². The number of rotatable bonds is 4. The predicted octanol–water partition coefficient (Wildman–Crippen LogP) is 5.90. The molecule has 4 nitrogen and oxygen atoms in total. The van der Waals surface area contributed by atoms with E-state index in [2.05, 4.69) is 41.4 Å². The minimum Gasteiger partial charge on any atom is -0.329 e. The molecular formula is C25H22ClN3O. The van der Waals surface area contributed by atoms with Crippen molar-refractivity contribution < 1.29 is 0 Å². The average Bonchev–Trinajstić information content (AvgIpc) is 3.62. The Bertz CT molecular complexity index is 1310. The lowest BCUT2D eigenvalue weighted by Crippen LogP contribution is -2.24. The molecule has 0 spiro atoms.